The third kappa shape index (κ3) is 4.74. The lowest BCUT2D eigenvalue weighted by molar-refractivity contribution is 0.363. The molecule has 0 aliphatic carbocycles. The Morgan fingerprint density at radius 2 is 2.18 bits per heavy atom. The summed E-state index contributed by atoms with van der Waals surface area (Å²) in [5.41, 5.74) is 0.787. The van der Waals surface area contributed by atoms with Crippen molar-refractivity contribution >= 4 is 21.6 Å². The summed E-state index contributed by atoms with van der Waals surface area (Å²) in [6, 6.07) is 7.11. The molecule has 2 nitrogen and oxygen atoms in total. The van der Waals surface area contributed by atoms with Crippen molar-refractivity contribution in [3.05, 3.63) is 28.5 Å². The monoisotopic (exact) mass is 298 g/mol. The summed E-state index contributed by atoms with van der Waals surface area (Å²) in [5.74, 6) is -0.273. The molecule has 0 heterocycles. The highest BCUT2D eigenvalue weighted by atomic mass is 79.9. The van der Waals surface area contributed by atoms with Gasteiger partial charge >= 0.3 is 0 Å². The number of nitrogens with one attached hydrogen (secondary N) is 1. The molecule has 17 heavy (non-hydrogen) atoms. The Kier molecular flexibility index (Phi) is 4.95. The number of nitrogens with zero attached hydrogens (tertiary/aromatic N) is 1. The van der Waals surface area contributed by atoms with Gasteiger partial charge in [0.2, 0.25) is 0 Å². The molecule has 1 aromatic rings. The van der Waals surface area contributed by atoms with Crippen LogP contribution >= 0.6 is 15.9 Å². The van der Waals surface area contributed by atoms with E-state index in [1.165, 1.54) is 6.07 Å². The molecule has 0 aromatic heterocycles. The zero-order chi connectivity index (χ0) is 12.9. The number of halogens is 2. The number of anilines is 1. The molecule has 0 spiro atoms. The van der Waals surface area contributed by atoms with Crippen LogP contribution in [0.25, 0.3) is 0 Å². The molecule has 0 aliphatic heterocycles. The first kappa shape index (κ1) is 14.0. The summed E-state index contributed by atoms with van der Waals surface area (Å²) in [4.78, 5) is 0. The topological polar surface area (TPSA) is 35.8 Å². The van der Waals surface area contributed by atoms with E-state index in [1.54, 1.807) is 6.07 Å². The third-order valence-corrected chi connectivity index (χ3v) is 3.25. The maximum absolute atomic E-state index is 13.3. The van der Waals surface area contributed by atoms with Crippen LogP contribution in [0, 0.1) is 22.6 Å². The average Bonchev–Trinajstić information content (AvgIpc) is 2.28. The standard InChI is InChI=1S/C13H16BrFN2/c1-13(2,6-3-7-16)9-17-10-4-5-11(14)12(15)8-10/h4-5,8,17H,3,6,9H2,1-2H3. The minimum absolute atomic E-state index is 0.0271. The summed E-state index contributed by atoms with van der Waals surface area (Å²) >= 11 is 3.12. The zero-order valence-corrected chi connectivity index (χ0v) is 11.6. The molecule has 0 radical (unpaired) electrons. The van der Waals surface area contributed by atoms with E-state index in [2.05, 4.69) is 41.2 Å². The fraction of sp³-hybridized carbons (Fsp3) is 0.462. The largest absolute Gasteiger partial charge is 0.384 e. The van der Waals surface area contributed by atoms with E-state index in [-0.39, 0.29) is 11.2 Å². The van der Waals surface area contributed by atoms with E-state index >= 15 is 0 Å². The Morgan fingerprint density at radius 3 is 2.76 bits per heavy atom. The lowest BCUT2D eigenvalue weighted by Gasteiger charge is -2.24. The number of rotatable bonds is 5. The van der Waals surface area contributed by atoms with Gasteiger partial charge in [0.15, 0.2) is 0 Å². The quantitative estimate of drug-likeness (QED) is 0.878. The van der Waals surface area contributed by atoms with E-state index in [0.29, 0.717) is 10.9 Å². The van der Waals surface area contributed by atoms with Crippen LogP contribution in [-0.4, -0.2) is 6.54 Å². The molecule has 0 atom stereocenters. The van der Waals surface area contributed by atoms with Crippen LogP contribution in [-0.2, 0) is 0 Å². The first-order chi connectivity index (χ1) is 7.94. The van der Waals surface area contributed by atoms with Gasteiger partial charge in [-0.3, -0.25) is 0 Å². The average molecular weight is 299 g/mol. The van der Waals surface area contributed by atoms with E-state index in [0.717, 1.165) is 18.7 Å². The smallest absolute Gasteiger partial charge is 0.139 e. The Labute approximate surface area is 110 Å². The Morgan fingerprint density at radius 1 is 1.47 bits per heavy atom. The summed E-state index contributed by atoms with van der Waals surface area (Å²) in [6.45, 7) is 4.90. The van der Waals surface area contributed by atoms with Gasteiger partial charge in [0, 0.05) is 18.7 Å². The molecule has 1 rings (SSSR count). The summed E-state index contributed by atoms with van der Waals surface area (Å²) < 4.78 is 13.7. The van der Waals surface area contributed by atoms with E-state index in [1.807, 2.05) is 6.07 Å². The molecule has 4 heteroatoms. The molecule has 0 bridgehead atoms. The fourth-order valence-corrected chi connectivity index (χ4v) is 1.68. The maximum Gasteiger partial charge on any atom is 0.139 e. The van der Waals surface area contributed by atoms with Gasteiger partial charge in [-0.15, -0.1) is 0 Å². The number of hydrogen-bond donors (Lipinski definition) is 1. The van der Waals surface area contributed by atoms with Crippen molar-refractivity contribution in [1.82, 2.24) is 0 Å². The number of benzene rings is 1. The van der Waals surface area contributed by atoms with Gasteiger partial charge in [-0.1, -0.05) is 13.8 Å². The molecule has 0 saturated heterocycles. The van der Waals surface area contributed by atoms with Crippen LogP contribution < -0.4 is 5.32 Å². The molecule has 0 amide bonds. The van der Waals surface area contributed by atoms with Crippen LogP contribution in [0.15, 0.2) is 22.7 Å². The third-order valence-electron chi connectivity index (χ3n) is 2.60. The van der Waals surface area contributed by atoms with E-state index in [9.17, 15) is 4.39 Å². The van der Waals surface area contributed by atoms with Gasteiger partial charge in [0.05, 0.1) is 10.5 Å². The zero-order valence-electron chi connectivity index (χ0n) is 10.1. The highest BCUT2D eigenvalue weighted by molar-refractivity contribution is 9.10. The highest BCUT2D eigenvalue weighted by Gasteiger charge is 2.17. The first-order valence-electron chi connectivity index (χ1n) is 5.50. The van der Waals surface area contributed by atoms with Crippen molar-refractivity contribution in [2.45, 2.75) is 26.7 Å². The Bertz CT molecular complexity index is 424. The molecular formula is C13H16BrFN2. The number of hydrogen-bond acceptors (Lipinski definition) is 2. The SMILES string of the molecule is CC(C)(CCC#N)CNc1ccc(Br)c(F)c1. The van der Waals surface area contributed by atoms with Gasteiger partial charge in [0.25, 0.3) is 0 Å². The molecule has 0 saturated carbocycles. The van der Waals surface area contributed by atoms with Gasteiger partial charge in [0.1, 0.15) is 5.82 Å². The predicted octanol–water partition coefficient (Wildman–Crippen LogP) is 4.33. The van der Waals surface area contributed by atoms with Crippen molar-refractivity contribution < 1.29 is 4.39 Å². The summed E-state index contributed by atoms with van der Waals surface area (Å²) in [5, 5.41) is 11.7. The van der Waals surface area contributed by atoms with Gasteiger partial charge < -0.3 is 5.32 Å². The van der Waals surface area contributed by atoms with Crippen molar-refractivity contribution in [1.29, 1.82) is 5.26 Å². The second-order valence-electron chi connectivity index (χ2n) is 4.80. The van der Waals surface area contributed by atoms with Crippen molar-refractivity contribution in [2.75, 3.05) is 11.9 Å². The van der Waals surface area contributed by atoms with Crippen LogP contribution in [0.4, 0.5) is 10.1 Å². The van der Waals surface area contributed by atoms with Crippen LogP contribution in [0.2, 0.25) is 0 Å². The lowest BCUT2D eigenvalue weighted by Crippen LogP contribution is -2.22. The fourth-order valence-electron chi connectivity index (χ4n) is 1.43. The van der Waals surface area contributed by atoms with E-state index in [4.69, 9.17) is 5.26 Å². The molecular weight excluding hydrogens is 283 g/mol. The maximum atomic E-state index is 13.3. The summed E-state index contributed by atoms with van der Waals surface area (Å²) in [6.07, 6.45) is 1.37. The molecule has 1 aromatic carbocycles. The first-order valence-corrected chi connectivity index (χ1v) is 6.30. The number of nitriles is 1. The predicted molar refractivity (Wildman–Crippen MR) is 71.2 cm³/mol. The Balaban J connectivity index is 2.55. The van der Waals surface area contributed by atoms with Crippen molar-refractivity contribution in [2.24, 2.45) is 5.41 Å². The van der Waals surface area contributed by atoms with Gasteiger partial charge in [-0.05, 0) is 46.0 Å². The second-order valence-corrected chi connectivity index (χ2v) is 5.66. The van der Waals surface area contributed by atoms with Crippen LogP contribution in [0.1, 0.15) is 26.7 Å². The minimum atomic E-state index is -0.273. The summed E-state index contributed by atoms with van der Waals surface area (Å²) in [7, 11) is 0. The normalized spacial score (nSPS) is 11.0. The highest BCUT2D eigenvalue weighted by Crippen LogP contribution is 2.24. The van der Waals surface area contributed by atoms with Gasteiger partial charge in [-0.2, -0.15) is 5.26 Å². The van der Waals surface area contributed by atoms with E-state index < -0.39 is 0 Å². The molecule has 0 fully saturated rings. The minimum Gasteiger partial charge on any atom is -0.384 e. The lowest BCUT2D eigenvalue weighted by atomic mass is 9.88. The van der Waals surface area contributed by atoms with Gasteiger partial charge in [-0.25, -0.2) is 4.39 Å². The van der Waals surface area contributed by atoms with Crippen molar-refractivity contribution in [3.8, 4) is 6.07 Å². The van der Waals surface area contributed by atoms with Crippen LogP contribution in [0.5, 0.6) is 0 Å². The molecule has 0 unspecified atom stereocenters. The van der Waals surface area contributed by atoms with Crippen molar-refractivity contribution in [3.63, 3.8) is 0 Å². The molecule has 92 valence electrons. The molecule has 1 N–H and O–H groups in total. The second kappa shape index (κ2) is 6.02. The Hall–Kier alpha value is -1.08. The van der Waals surface area contributed by atoms with Crippen LogP contribution in [0.3, 0.4) is 0 Å². The molecule has 0 aliphatic rings.